The molecule has 14 heteroatoms. The van der Waals surface area contributed by atoms with Gasteiger partial charge in [-0.05, 0) is 107 Å². The van der Waals surface area contributed by atoms with E-state index in [0.717, 1.165) is 81.5 Å². The van der Waals surface area contributed by atoms with E-state index in [4.69, 9.17) is 28.9 Å². The van der Waals surface area contributed by atoms with Gasteiger partial charge in [0.15, 0.2) is 0 Å². The van der Waals surface area contributed by atoms with Crippen LogP contribution in [0, 0.1) is 29.6 Å². The molecule has 6 atom stereocenters. The van der Waals surface area contributed by atoms with Gasteiger partial charge < -0.3 is 39.0 Å². The molecular formula is C52H62N6O8. The van der Waals surface area contributed by atoms with Crippen LogP contribution in [0.5, 0.6) is 0 Å². The SMILES string of the molecule is COC(=O)CC(C(=O)N1C[C@@H](C)C[C@H]1C1=NC=C(c2ccc(-c3ccc4cc(-c5cnc([C@@H]6C[C@H](C)CN6C(=O)C(NC(=O)OC)C6CCOCC6)[nH]5)ccc4c3)cc2)C1)C1CCOCC1. The van der Waals surface area contributed by atoms with Gasteiger partial charge in [0.1, 0.15) is 11.9 Å². The van der Waals surface area contributed by atoms with E-state index < -0.39 is 18.1 Å². The Balaban J connectivity index is 0.851. The van der Waals surface area contributed by atoms with E-state index in [0.29, 0.717) is 64.7 Å². The van der Waals surface area contributed by atoms with Gasteiger partial charge in [-0.1, -0.05) is 62.4 Å². The largest absolute Gasteiger partial charge is 0.469 e. The molecule has 0 radical (unpaired) electrons. The van der Waals surface area contributed by atoms with E-state index >= 15 is 0 Å². The first-order valence-corrected chi connectivity index (χ1v) is 23.7. The molecule has 3 amide bonds. The minimum atomic E-state index is -0.694. The average Bonchev–Trinajstić information content (AvgIpc) is 4.19. The maximum atomic E-state index is 14.2. The third-order valence-electron chi connectivity index (χ3n) is 14.6. The fourth-order valence-corrected chi connectivity index (χ4v) is 10.9. The molecule has 348 valence electrons. The highest BCUT2D eigenvalue weighted by atomic mass is 16.5. The number of ether oxygens (including phenoxy) is 4. The molecule has 5 aliphatic rings. The number of imidazole rings is 1. The van der Waals surface area contributed by atoms with Gasteiger partial charge in [0, 0.05) is 63.4 Å². The molecule has 4 saturated heterocycles. The fraction of sp³-hybridized carbons (Fsp3) is 0.500. The summed E-state index contributed by atoms with van der Waals surface area (Å²) in [6, 6.07) is 20.5. The second kappa shape index (κ2) is 19.9. The molecule has 4 fully saturated rings. The molecule has 5 aliphatic heterocycles. The molecule has 0 bridgehead atoms. The summed E-state index contributed by atoms with van der Waals surface area (Å²) in [5.41, 5.74) is 7.34. The van der Waals surface area contributed by atoms with E-state index in [2.05, 4.69) is 84.8 Å². The Morgan fingerprint density at radius 2 is 1.33 bits per heavy atom. The lowest BCUT2D eigenvalue weighted by molar-refractivity contribution is -0.149. The van der Waals surface area contributed by atoms with Gasteiger partial charge in [-0.3, -0.25) is 19.4 Å². The number of alkyl carbamates (subject to hydrolysis) is 1. The Morgan fingerprint density at radius 1 is 0.742 bits per heavy atom. The number of H-pyrrole nitrogens is 1. The van der Waals surface area contributed by atoms with Crippen LogP contribution in [0.25, 0.3) is 38.7 Å². The summed E-state index contributed by atoms with van der Waals surface area (Å²) in [6.45, 7) is 7.89. The number of methoxy groups -OCH3 is 2. The van der Waals surface area contributed by atoms with E-state index in [1.165, 1.54) is 14.2 Å². The minimum absolute atomic E-state index is 0.0345. The summed E-state index contributed by atoms with van der Waals surface area (Å²) in [7, 11) is 2.70. The first kappa shape index (κ1) is 45.3. The molecule has 0 saturated carbocycles. The zero-order chi connectivity index (χ0) is 45.9. The number of carbonyl (C=O) groups excluding carboxylic acids is 4. The normalized spacial score (nSPS) is 23.6. The van der Waals surface area contributed by atoms with Crippen molar-refractivity contribution in [3.05, 3.63) is 84.4 Å². The van der Waals surface area contributed by atoms with E-state index in [-0.39, 0.29) is 54.0 Å². The zero-order valence-corrected chi connectivity index (χ0v) is 38.5. The molecule has 0 aliphatic carbocycles. The van der Waals surface area contributed by atoms with Crippen LogP contribution in [0.1, 0.15) is 82.6 Å². The number of benzene rings is 3. The number of amides is 3. The van der Waals surface area contributed by atoms with Crippen molar-refractivity contribution in [1.29, 1.82) is 0 Å². The van der Waals surface area contributed by atoms with Crippen LogP contribution in [-0.4, -0.2) is 115 Å². The van der Waals surface area contributed by atoms with Crippen LogP contribution < -0.4 is 5.32 Å². The molecule has 66 heavy (non-hydrogen) atoms. The molecule has 14 nitrogen and oxygen atoms in total. The third-order valence-corrected chi connectivity index (χ3v) is 14.6. The quantitative estimate of drug-likeness (QED) is 0.134. The lowest BCUT2D eigenvalue weighted by Gasteiger charge is -2.34. The number of likely N-dealkylation sites (tertiary alicyclic amines) is 2. The van der Waals surface area contributed by atoms with Gasteiger partial charge in [-0.2, -0.15) is 0 Å². The summed E-state index contributed by atoms with van der Waals surface area (Å²) in [5.74, 6) is 0.554. The van der Waals surface area contributed by atoms with Crippen molar-refractivity contribution < 1.29 is 38.1 Å². The second-order valence-electron chi connectivity index (χ2n) is 19.1. The summed E-state index contributed by atoms with van der Waals surface area (Å²) in [4.78, 5) is 70.4. The van der Waals surface area contributed by atoms with Crippen LogP contribution in [0.2, 0.25) is 0 Å². The predicted octanol–water partition coefficient (Wildman–Crippen LogP) is 7.99. The number of aliphatic imine (C=N–C) groups is 1. The maximum Gasteiger partial charge on any atom is 0.407 e. The molecule has 3 aromatic carbocycles. The monoisotopic (exact) mass is 898 g/mol. The molecular weight excluding hydrogens is 837 g/mol. The van der Waals surface area contributed by atoms with Gasteiger partial charge >= 0.3 is 12.1 Å². The van der Waals surface area contributed by atoms with Gasteiger partial charge in [-0.25, -0.2) is 9.78 Å². The summed E-state index contributed by atoms with van der Waals surface area (Å²) in [6.07, 6.45) is 8.49. The van der Waals surface area contributed by atoms with Crippen molar-refractivity contribution in [3.63, 3.8) is 0 Å². The van der Waals surface area contributed by atoms with Crippen molar-refractivity contribution in [3.8, 4) is 22.4 Å². The zero-order valence-electron chi connectivity index (χ0n) is 38.5. The number of aromatic nitrogens is 2. The number of hydrogen-bond donors (Lipinski definition) is 2. The molecule has 9 rings (SSSR count). The minimum Gasteiger partial charge on any atom is -0.469 e. The number of hydrogen-bond acceptors (Lipinski definition) is 10. The van der Waals surface area contributed by atoms with Crippen LogP contribution >= 0.6 is 0 Å². The number of rotatable bonds is 12. The second-order valence-corrected chi connectivity index (χ2v) is 19.1. The highest BCUT2D eigenvalue weighted by molar-refractivity contribution is 6.03. The van der Waals surface area contributed by atoms with E-state index in [1.54, 1.807) is 0 Å². The first-order valence-electron chi connectivity index (χ1n) is 23.7. The summed E-state index contributed by atoms with van der Waals surface area (Å²) < 4.78 is 21.1. The molecule has 6 heterocycles. The molecule has 0 spiro atoms. The smallest absolute Gasteiger partial charge is 0.407 e. The molecule has 1 aromatic heterocycles. The van der Waals surface area contributed by atoms with Gasteiger partial charge in [0.2, 0.25) is 11.8 Å². The van der Waals surface area contributed by atoms with Gasteiger partial charge in [0.25, 0.3) is 0 Å². The number of allylic oxidation sites excluding steroid dienone is 1. The maximum absolute atomic E-state index is 14.2. The molecule has 2 unspecified atom stereocenters. The highest BCUT2D eigenvalue weighted by Crippen LogP contribution is 2.39. The molecule has 4 aromatic rings. The third kappa shape index (κ3) is 9.67. The van der Waals surface area contributed by atoms with Crippen LogP contribution in [0.3, 0.4) is 0 Å². The Bertz CT molecular complexity index is 2490. The van der Waals surface area contributed by atoms with Crippen molar-refractivity contribution in [2.45, 2.75) is 83.3 Å². The lowest BCUT2D eigenvalue weighted by Crippen LogP contribution is -2.53. The predicted molar refractivity (Wildman–Crippen MR) is 251 cm³/mol. The standard InChI is InChI=1S/C52H62N6O8/c1-31-21-45(57(29-31)50(60)42(26-47(59)63-3)35-13-17-65-18-14-35)43-25-41(27-53-43)34-7-5-33(6-8-34)37-9-10-39-24-40(12-11-38(39)23-37)44-28-54-49(55-44)46-22-32(2)30-58(46)51(61)48(56-52(62)64-4)36-15-19-66-20-16-36/h5-12,23-24,27-28,31-32,35-36,42,45-46,48H,13-22,25-26,29-30H2,1-4H3,(H,54,55)(H,56,62)/t31-,32-,42?,45-,46-,48?/m0/s1. The fourth-order valence-electron chi connectivity index (χ4n) is 10.9. The number of nitrogens with one attached hydrogen (secondary N) is 2. The topological polar surface area (TPSA) is 165 Å². The highest BCUT2D eigenvalue weighted by Gasteiger charge is 2.44. The number of esters is 1. The van der Waals surface area contributed by atoms with Gasteiger partial charge in [0.05, 0.1) is 50.5 Å². The van der Waals surface area contributed by atoms with E-state index in [9.17, 15) is 19.2 Å². The van der Waals surface area contributed by atoms with Crippen molar-refractivity contribution in [2.24, 2.45) is 34.6 Å². The Kier molecular flexibility index (Phi) is 13.7. The Hall–Kier alpha value is -5.86. The van der Waals surface area contributed by atoms with Crippen LogP contribution in [-0.2, 0) is 33.3 Å². The van der Waals surface area contributed by atoms with Crippen LogP contribution in [0.4, 0.5) is 4.79 Å². The average molecular weight is 899 g/mol. The number of fused-ring (bicyclic) bond motifs is 1. The van der Waals surface area contributed by atoms with Crippen molar-refractivity contribution >= 4 is 45.9 Å². The Labute approximate surface area is 386 Å². The summed E-state index contributed by atoms with van der Waals surface area (Å²) in [5, 5.41) is 5.06. The lowest BCUT2D eigenvalue weighted by atomic mass is 9.82. The Morgan fingerprint density at radius 3 is 2.00 bits per heavy atom. The van der Waals surface area contributed by atoms with Gasteiger partial charge in [-0.15, -0.1) is 0 Å². The van der Waals surface area contributed by atoms with E-state index in [1.807, 2.05) is 22.2 Å². The number of carbonyl (C=O) groups is 4. The first-order chi connectivity index (χ1) is 32.1. The van der Waals surface area contributed by atoms with Crippen molar-refractivity contribution in [1.82, 2.24) is 25.1 Å². The number of aromatic amines is 1. The van der Waals surface area contributed by atoms with Crippen LogP contribution in [0.15, 0.2) is 78.1 Å². The number of nitrogens with zero attached hydrogens (tertiary/aromatic N) is 4. The summed E-state index contributed by atoms with van der Waals surface area (Å²) >= 11 is 0. The van der Waals surface area contributed by atoms with Crippen molar-refractivity contribution in [2.75, 3.05) is 53.7 Å². The molecule has 2 N–H and O–H groups in total.